The number of nitrogens with two attached hydrogens (primary N) is 1. The highest BCUT2D eigenvalue weighted by molar-refractivity contribution is 7.81. The summed E-state index contributed by atoms with van der Waals surface area (Å²) in [5.74, 6) is -0.553. The second kappa shape index (κ2) is 8.68. The van der Waals surface area contributed by atoms with E-state index in [0.29, 0.717) is 20.9 Å². The van der Waals surface area contributed by atoms with Gasteiger partial charge < -0.3 is 11.1 Å². The Balaban J connectivity index is 1.76. The van der Waals surface area contributed by atoms with Gasteiger partial charge in [0.05, 0.1) is 27.7 Å². The van der Waals surface area contributed by atoms with Crippen LogP contribution in [0.5, 0.6) is 0 Å². The zero-order valence-electron chi connectivity index (χ0n) is 15.7. The van der Waals surface area contributed by atoms with Gasteiger partial charge in [0, 0.05) is 29.9 Å². The molecule has 0 aliphatic carbocycles. The van der Waals surface area contributed by atoms with E-state index in [9.17, 15) is 14.4 Å². The largest absolute Gasteiger partial charge is 0.384 e. The van der Waals surface area contributed by atoms with E-state index >= 15 is 0 Å². The summed E-state index contributed by atoms with van der Waals surface area (Å²) < 4.78 is 1.99. The minimum Gasteiger partial charge on any atom is -0.384 e. The number of amides is 1. The number of carbonyl (C=O) groups is 1. The van der Waals surface area contributed by atoms with Crippen LogP contribution in [-0.4, -0.2) is 24.9 Å². The Bertz CT molecular complexity index is 1300. The standard InChI is InChI=1S/C18H15Cl2N5O3S2/c1-24-15(21)14(16(27)25(2)18(24)28)12(29)6-13(26)23-17-22-11(7-30-17)8-3-4-9(19)10(20)5-8/h3-5,7H,6,21H2,1-2H3,(H,22,23,26). The van der Waals surface area contributed by atoms with Crippen LogP contribution in [-0.2, 0) is 18.9 Å². The number of nitrogens with zero attached hydrogens (tertiary/aromatic N) is 3. The first kappa shape index (κ1) is 22.2. The van der Waals surface area contributed by atoms with Gasteiger partial charge in [-0.15, -0.1) is 11.3 Å². The molecule has 0 unspecified atom stereocenters. The number of hydrogen-bond acceptors (Lipinski definition) is 7. The van der Waals surface area contributed by atoms with E-state index in [1.165, 1.54) is 25.4 Å². The summed E-state index contributed by atoms with van der Waals surface area (Å²) in [5.41, 5.74) is 5.97. The summed E-state index contributed by atoms with van der Waals surface area (Å²) in [4.78, 5) is 41.1. The van der Waals surface area contributed by atoms with E-state index in [2.05, 4.69) is 10.3 Å². The Morgan fingerprint density at radius 1 is 1.23 bits per heavy atom. The average molecular weight is 484 g/mol. The summed E-state index contributed by atoms with van der Waals surface area (Å²) in [6, 6.07) is 5.10. The Labute approximate surface area is 189 Å². The fraction of sp³-hybridized carbons (Fsp3) is 0.167. The molecule has 3 N–H and O–H groups in total. The molecule has 8 nitrogen and oxygen atoms in total. The molecule has 30 heavy (non-hydrogen) atoms. The van der Waals surface area contributed by atoms with Crippen LogP contribution >= 0.6 is 46.8 Å². The van der Waals surface area contributed by atoms with Crippen LogP contribution in [0.3, 0.4) is 0 Å². The second-order valence-corrected chi connectivity index (χ2v) is 8.45. The van der Waals surface area contributed by atoms with E-state index in [0.717, 1.165) is 14.7 Å². The SMILES string of the molecule is Cn1c(N)c(C(=S)CC(=O)Nc2nc(-c3ccc(Cl)c(Cl)c3)cs2)c(=O)n(C)c1=O. The van der Waals surface area contributed by atoms with Crippen LogP contribution in [0.2, 0.25) is 10.0 Å². The molecule has 0 radical (unpaired) electrons. The van der Waals surface area contributed by atoms with E-state index in [-0.39, 0.29) is 22.7 Å². The first-order chi connectivity index (χ1) is 14.1. The smallest absolute Gasteiger partial charge is 0.332 e. The van der Waals surface area contributed by atoms with Gasteiger partial charge in [0.15, 0.2) is 5.13 Å². The Morgan fingerprint density at radius 3 is 2.60 bits per heavy atom. The number of halogens is 2. The van der Waals surface area contributed by atoms with Crippen molar-refractivity contribution in [1.82, 2.24) is 14.1 Å². The molecule has 2 aromatic heterocycles. The third kappa shape index (κ3) is 4.31. The van der Waals surface area contributed by atoms with Crippen LogP contribution in [0.15, 0.2) is 33.2 Å². The summed E-state index contributed by atoms with van der Waals surface area (Å²) >= 11 is 18.4. The molecule has 3 rings (SSSR count). The molecule has 0 spiro atoms. The van der Waals surface area contributed by atoms with Gasteiger partial charge in [-0.2, -0.15) is 0 Å². The molecule has 0 aliphatic heterocycles. The highest BCUT2D eigenvalue weighted by Crippen LogP contribution is 2.30. The third-order valence-corrected chi connectivity index (χ3v) is 6.12. The fourth-order valence-corrected chi connectivity index (χ4v) is 4.00. The number of nitrogen functional groups attached to an aromatic ring is 1. The maximum absolute atomic E-state index is 12.4. The number of anilines is 2. The van der Waals surface area contributed by atoms with Crippen molar-refractivity contribution in [1.29, 1.82) is 0 Å². The Kier molecular flexibility index (Phi) is 6.41. The minimum absolute atomic E-state index is 0.0301. The lowest BCUT2D eigenvalue weighted by molar-refractivity contribution is -0.115. The molecule has 12 heteroatoms. The molecule has 0 fully saturated rings. The summed E-state index contributed by atoms with van der Waals surface area (Å²) in [6.45, 7) is 0. The van der Waals surface area contributed by atoms with Gasteiger partial charge in [0.1, 0.15) is 5.82 Å². The van der Waals surface area contributed by atoms with Crippen LogP contribution in [0, 0.1) is 0 Å². The molecule has 0 saturated carbocycles. The molecule has 0 bridgehead atoms. The van der Waals surface area contributed by atoms with Crippen molar-refractivity contribution >= 4 is 68.5 Å². The fourth-order valence-electron chi connectivity index (χ4n) is 2.64. The predicted molar refractivity (Wildman–Crippen MR) is 124 cm³/mol. The topological polar surface area (TPSA) is 112 Å². The molecular weight excluding hydrogens is 469 g/mol. The predicted octanol–water partition coefficient (Wildman–Crippen LogP) is 2.84. The molecule has 0 aliphatic rings. The number of hydrogen-bond donors (Lipinski definition) is 2. The van der Waals surface area contributed by atoms with Crippen LogP contribution < -0.4 is 22.3 Å². The quantitative estimate of drug-likeness (QED) is 0.426. The van der Waals surface area contributed by atoms with Crippen LogP contribution in [0.4, 0.5) is 10.9 Å². The minimum atomic E-state index is -0.649. The Hall–Kier alpha value is -2.53. The Morgan fingerprint density at radius 2 is 1.93 bits per heavy atom. The lowest BCUT2D eigenvalue weighted by Crippen LogP contribution is -2.41. The van der Waals surface area contributed by atoms with Crippen molar-refractivity contribution in [3.05, 3.63) is 60.0 Å². The second-order valence-electron chi connectivity index (χ2n) is 6.28. The molecular formula is C18H15Cl2N5O3S2. The van der Waals surface area contributed by atoms with Crippen molar-refractivity contribution in [2.75, 3.05) is 11.1 Å². The molecule has 0 saturated heterocycles. The highest BCUT2D eigenvalue weighted by atomic mass is 35.5. The number of rotatable bonds is 5. The first-order valence-corrected chi connectivity index (χ1v) is 10.4. The van der Waals surface area contributed by atoms with Crippen LogP contribution in [0.1, 0.15) is 12.0 Å². The molecule has 1 amide bonds. The zero-order chi connectivity index (χ0) is 22.2. The summed E-state index contributed by atoms with van der Waals surface area (Å²) in [6.07, 6.45) is -0.269. The molecule has 2 heterocycles. The number of thiazole rings is 1. The molecule has 3 aromatic rings. The van der Waals surface area contributed by atoms with E-state index in [1.54, 1.807) is 23.6 Å². The molecule has 156 valence electrons. The van der Waals surface area contributed by atoms with Crippen molar-refractivity contribution in [3.63, 3.8) is 0 Å². The van der Waals surface area contributed by atoms with Crippen molar-refractivity contribution < 1.29 is 4.79 Å². The zero-order valence-corrected chi connectivity index (χ0v) is 18.9. The third-order valence-electron chi connectivity index (χ3n) is 4.28. The number of benzene rings is 1. The average Bonchev–Trinajstić information content (AvgIpc) is 3.15. The van der Waals surface area contributed by atoms with Gasteiger partial charge in [0.2, 0.25) is 5.91 Å². The van der Waals surface area contributed by atoms with Gasteiger partial charge in [-0.1, -0.05) is 41.5 Å². The highest BCUT2D eigenvalue weighted by Gasteiger charge is 2.20. The monoisotopic (exact) mass is 483 g/mol. The van der Waals surface area contributed by atoms with Gasteiger partial charge in [-0.3, -0.25) is 18.7 Å². The van der Waals surface area contributed by atoms with E-state index < -0.39 is 17.2 Å². The maximum Gasteiger partial charge on any atom is 0.332 e. The normalized spacial score (nSPS) is 10.8. The van der Waals surface area contributed by atoms with Crippen molar-refractivity contribution in [2.45, 2.75) is 6.42 Å². The van der Waals surface area contributed by atoms with Gasteiger partial charge >= 0.3 is 5.69 Å². The summed E-state index contributed by atoms with van der Waals surface area (Å²) in [5, 5.41) is 5.58. The summed E-state index contributed by atoms with van der Waals surface area (Å²) in [7, 11) is 2.74. The van der Waals surface area contributed by atoms with Crippen molar-refractivity contribution in [2.24, 2.45) is 14.1 Å². The van der Waals surface area contributed by atoms with Crippen molar-refractivity contribution in [3.8, 4) is 11.3 Å². The number of aromatic nitrogens is 3. The first-order valence-electron chi connectivity index (χ1n) is 8.39. The number of carbonyl (C=O) groups excluding carboxylic acids is 1. The maximum atomic E-state index is 12.4. The lowest BCUT2D eigenvalue weighted by atomic mass is 10.1. The van der Waals surface area contributed by atoms with Crippen LogP contribution in [0.25, 0.3) is 11.3 Å². The number of thiocarbonyl (C=S) groups is 1. The van der Waals surface area contributed by atoms with Gasteiger partial charge in [-0.05, 0) is 12.1 Å². The van der Waals surface area contributed by atoms with Gasteiger partial charge in [0.25, 0.3) is 5.56 Å². The number of nitrogens with one attached hydrogen (secondary N) is 1. The lowest BCUT2D eigenvalue weighted by Gasteiger charge is -2.12. The molecule has 0 atom stereocenters. The van der Waals surface area contributed by atoms with E-state index in [4.69, 9.17) is 41.2 Å². The van der Waals surface area contributed by atoms with Gasteiger partial charge in [-0.25, -0.2) is 9.78 Å². The van der Waals surface area contributed by atoms with E-state index in [1.807, 2.05) is 0 Å². The molecule has 1 aromatic carbocycles.